The van der Waals surface area contributed by atoms with Crippen LogP contribution >= 0.6 is 43.2 Å². The van der Waals surface area contributed by atoms with Crippen LogP contribution in [0.5, 0.6) is 0 Å². The molecule has 0 unspecified atom stereocenters. The first-order valence-electron chi connectivity index (χ1n) is 5.05. The van der Waals surface area contributed by atoms with E-state index in [-0.39, 0.29) is 11.5 Å². The van der Waals surface area contributed by atoms with Crippen LogP contribution in [0.25, 0.3) is 0 Å². The maximum absolute atomic E-state index is 12.0. The number of amides is 1. The van der Waals surface area contributed by atoms with Gasteiger partial charge in [-0.15, -0.1) is 11.3 Å². The van der Waals surface area contributed by atoms with E-state index in [0.717, 1.165) is 3.79 Å². The fourth-order valence-electron chi connectivity index (χ4n) is 1.38. The number of anilines is 1. The average molecular weight is 405 g/mol. The Morgan fingerprint density at radius 3 is 2.47 bits per heavy atom. The molecule has 19 heavy (non-hydrogen) atoms. The van der Waals surface area contributed by atoms with Crippen LogP contribution in [-0.4, -0.2) is 17.0 Å². The molecule has 98 valence electrons. The van der Waals surface area contributed by atoms with Gasteiger partial charge in [0.1, 0.15) is 0 Å². The summed E-state index contributed by atoms with van der Waals surface area (Å²) < 4.78 is 1.48. The summed E-state index contributed by atoms with van der Waals surface area (Å²) in [5, 5.41) is 13.3. The molecule has 2 aromatic rings. The maximum Gasteiger partial charge on any atom is 0.335 e. The minimum Gasteiger partial charge on any atom is -0.478 e. The lowest BCUT2D eigenvalue weighted by molar-refractivity contribution is 0.0696. The molecule has 1 heterocycles. The van der Waals surface area contributed by atoms with E-state index >= 15 is 0 Å². The third-order valence-corrected chi connectivity index (χ3v) is 4.49. The molecule has 0 saturated heterocycles. The number of carboxylic acid groups (broad SMARTS) is 1. The zero-order valence-corrected chi connectivity index (χ0v) is 13.3. The molecule has 0 atom stereocenters. The molecule has 1 amide bonds. The van der Waals surface area contributed by atoms with Crippen LogP contribution in [0.3, 0.4) is 0 Å². The smallest absolute Gasteiger partial charge is 0.335 e. The van der Waals surface area contributed by atoms with Gasteiger partial charge in [-0.25, -0.2) is 4.79 Å². The van der Waals surface area contributed by atoms with Crippen LogP contribution in [0.1, 0.15) is 20.7 Å². The summed E-state index contributed by atoms with van der Waals surface area (Å²) in [4.78, 5) is 22.9. The quantitative estimate of drug-likeness (QED) is 0.804. The van der Waals surface area contributed by atoms with Gasteiger partial charge in [-0.05, 0) is 56.1 Å². The number of carbonyl (C=O) groups is 2. The first kappa shape index (κ1) is 14.2. The Hall–Kier alpha value is -1.18. The summed E-state index contributed by atoms with van der Waals surface area (Å²) >= 11 is 7.96. The number of aromatic carboxylic acids is 1. The predicted octanol–water partition coefficient (Wildman–Crippen LogP) is 4.22. The number of rotatable bonds is 3. The normalized spacial score (nSPS) is 10.2. The highest BCUT2D eigenvalue weighted by Gasteiger charge is 2.12. The van der Waals surface area contributed by atoms with Crippen molar-refractivity contribution in [1.82, 2.24) is 0 Å². The summed E-state index contributed by atoms with van der Waals surface area (Å²) in [7, 11) is 0. The lowest BCUT2D eigenvalue weighted by atomic mass is 10.2. The van der Waals surface area contributed by atoms with Crippen molar-refractivity contribution < 1.29 is 14.7 Å². The topological polar surface area (TPSA) is 66.4 Å². The van der Waals surface area contributed by atoms with Gasteiger partial charge in [0.05, 0.1) is 20.6 Å². The Bertz CT molecular complexity index is 654. The van der Waals surface area contributed by atoms with E-state index in [1.54, 1.807) is 17.5 Å². The number of hydrogen-bond acceptors (Lipinski definition) is 3. The van der Waals surface area contributed by atoms with Crippen molar-refractivity contribution in [3.8, 4) is 0 Å². The monoisotopic (exact) mass is 403 g/mol. The molecule has 0 saturated carbocycles. The number of carboxylic acids is 1. The minimum atomic E-state index is -1.04. The summed E-state index contributed by atoms with van der Waals surface area (Å²) in [5.41, 5.74) is 1.06. The molecule has 0 spiro atoms. The standard InChI is InChI=1S/C12H7Br2NO3S/c13-8-2-1-6(12(17)18)3-9(8)15-11(16)7-4-10(14)19-5-7/h1-5H,(H,15,16)(H,17,18). The summed E-state index contributed by atoms with van der Waals surface area (Å²) in [6.45, 7) is 0. The number of halogens is 2. The zero-order chi connectivity index (χ0) is 14.0. The lowest BCUT2D eigenvalue weighted by Crippen LogP contribution is -2.12. The molecular weight excluding hydrogens is 398 g/mol. The van der Waals surface area contributed by atoms with Crippen molar-refractivity contribution in [2.75, 3.05) is 5.32 Å². The lowest BCUT2D eigenvalue weighted by Gasteiger charge is -2.07. The van der Waals surface area contributed by atoms with Crippen molar-refractivity contribution in [2.24, 2.45) is 0 Å². The number of carbonyl (C=O) groups excluding carboxylic acids is 1. The van der Waals surface area contributed by atoms with Crippen LogP contribution in [0, 0.1) is 0 Å². The Morgan fingerprint density at radius 2 is 1.89 bits per heavy atom. The van der Waals surface area contributed by atoms with Crippen LogP contribution in [0.2, 0.25) is 0 Å². The molecule has 0 bridgehead atoms. The second kappa shape index (κ2) is 5.85. The molecule has 7 heteroatoms. The van der Waals surface area contributed by atoms with E-state index in [4.69, 9.17) is 5.11 Å². The largest absolute Gasteiger partial charge is 0.478 e. The Labute approximate surface area is 129 Å². The molecule has 2 rings (SSSR count). The molecule has 0 aliphatic carbocycles. The van der Waals surface area contributed by atoms with Gasteiger partial charge in [0, 0.05) is 9.85 Å². The fourth-order valence-corrected chi connectivity index (χ4v) is 2.86. The van der Waals surface area contributed by atoms with Crippen LogP contribution in [0.4, 0.5) is 5.69 Å². The highest BCUT2D eigenvalue weighted by Crippen LogP contribution is 2.26. The highest BCUT2D eigenvalue weighted by atomic mass is 79.9. The van der Waals surface area contributed by atoms with Crippen molar-refractivity contribution in [2.45, 2.75) is 0 Å². The molecule has 4 nitrogen and oxygen atoms in total. The van der Waals surface area contributed by atoms with E-state index in [1.807, 2.05) is 0 Å². The summed E-state index contributed by atoms with van der Waals surface area (Å²) in [6.07, 6.45) is 0. The predicted molar refractivity (Wildman–Crippen MR) is 81.1 cm³/mol. The first-order valence-corrected chi connectivity index (χ1v) is 7.52. The second-order valence-corrected chi connectivity index (χ2v) is 6.74. The SMILES string of the molecule is O=C(O)c1ccc(Br)c(NC(=O)c2csc(Br)c2)c1. The van der Waals surface area contributed by atoms with Crippen LogP contribution in [-0.2, 0) is 0 Å². The molecule has 2 N–H and O–H groups in total. The van der Waals surface area contributed by atoms with E-state index in [9.17, 15) is 9.59 Å². The molecule has 1 aromatic carbocycles. The van der Waals surface area contributed by atoms with E-state index in [1.165, 1.54) is 23.5 Å². The number of nitrogens with one attached hydrogen (secondary N) is 1. The maximum atomic E-state index is 12.0. The summed E-state index contributed by atoms with van der Waals surface area (Å²) in [5.74, 6) is -1.33. The number of benzene rings is 1. The molecule has 0 fully saturated rings. The molecule has 0 aliphatic heterocycles. The van der Waals surface area contributed by atoms with Gasteiger partial charge in [-0.2, -0.15) is 0 Å². The zero-order valence-electron chi connectivity index (χ0n) is 9.31. The highest BCUT2D eigenvalue weighted by molar-refractivity contribution is 9.11. The van der Waals surface area contributed by atoms with Crippen molar-refractivity contribution >= 4 is 60.8 Å². The number of hydrogen-bond donors (Lipinski definition) is 2. The van der Waals surface area contributed by atoms with Gasteiger partial charge in [-0.1, -0.05) is 0 Å². The van der Waals surface area contributed by atoms with Gasteiger partial charge in [0.15, 0.2) is 0 Å². The van der Waals surface area contributed by atoms with Gasteiger partial charge in [-0.3, -0.25) is 4.79 Å². The molecule has 0 aliphatic rings. The van der Waals surface area contributed by atoms with Crippen molar-refractivity contribution in [3.63, 3.8) is 0 Å². The van der Waals surface area contributed by atoms with Gasteiger partial charge in [0.25, 0.3) is 5.91 Å². The molecular formula is C12H7Br2NO3S. The van der Waals surface area contributed by atoms with Crippen molar-refractivity contribution in [3.05, 3.63) is 49.0 Å². The Balaban J connectivity index is 2.25. The van der Waals surface area contributed by atoms with E-state index < -0.39 is 5.97 Å². The first-order chi connectivity index (χ1) is 8.97. The third kappa shape index (κ3) is 3.43. The van der Waals surface area contributed by atoms with Crippen LogP contribution < -0.4 is 5.32 Å². The van der Waals surface area contributed by atoms with E-state index in [0.29, 0.717) is 15.7 Å². The van der Waals surface area contributed by atoms with Gasteiger partial charge in [0.2, 0.25) is 0 Å². The molecule has 0 radical (unpaired) electrons. The average Bonchev–Trinajstić information content (AvgIpc) is 2.78. The fraction of sp³-hybridized carbons (Fsp3) is 0. The second-order valence-electron chi connectivity index (χ2n) is 3.59. The van der Waals surface area contributed by atoms with Gasteiger partial charge >= 0.3 is 5.97 Å². The van der Waals surface area contributed by atoms with E-state index in [2.05, 4.69) is 37.2 Å². The number of thiophene rings is 1. The Morgan fingerprint density at radius 1 is 1.16 bits per heavy atom. The third-order valence-electron chi connectivity index (χ3n) is 2.29. The van der Waals surface area contributed by atoms with Crippen LogP contribution in [0.15, 0.2) is 37.9 Å². The minimum absolute atomic E-state index is 0.116. The summed E-state index contributed by atoms with van der Waals surface area (Å²) in [6, 6.07) is 6.16. The Kier molecular flexibility index (Phi) is 4.38. The van der Waals surface area contributed by atoms with Gasteiger partial charge < -0.3 is 10.4 Å². The van der Waals surface area contributed by atoms with Crippen molar-refractivity contribution in [1.29, 1.82) is 0 Å². The molecule has 1 aromatic heterocycles.